The lowest BCUT2D eigenvalue weighted by atomic mass is 10.4. The van der Waals surface area contributed by atoms with Crippen molar-refractivity contribution in [3.63, 3.8) is 0 Å². The minimum absolute atomic E-state index is 0.770. The van der Waals surface area contributed by atoms with Gasteiger partial charge in [0, 0.05) is 32.6 Å². The number of hydrogen-bond donors (Lipinski definition) is 0. The zero-order valence-electron chi connectivity index (χ0n) is 12.5. The van der Waals surface area contributed by atoms with Crippen molar-refractivity contribution in [2.45, 2.75) is 0 Å². The molecule has 3 rings (SSSR count). The van der Waals surface area contributed by atoms with Crippen LogP contribution in [0.2, 0.25) is 0 Å². The molecule has 0 amide bonds. The Hall–Kier alpha value is -3.02. The van der Waals surface area contributed by atoms with Crippen LogP contribution in [0, 0.1) is 0 Å². The van der Waals surface area contributed by atoms with Gasteiger partial charge in [-0.3, -0.25) is 0 Å². The van der Waals surface area contributed by atoms with Gasteiger partial charge in [-0.25, -0.2) is 19.9 Å². The first-order chi connectivity index (χ1) is 10.8. The Bertz CT molecular complexity index is 671. The standard InChI is InChI=1S/C16H16N6/c1-21(13-7-3-5-9-17-13)15-11-16(20-12-19-15)22(2)14-8-4-6-10-18-14/h3-12H,1-2H3. The van der Waals surface area contributed by atoms with Crippen molar-refractivity contribution in [3.8, 4) is 0 Å². The summed E-state index contributed by atoms with van der Waals surface area (Å²) in [7, 11) is 3.85. The van der Waals surface area contributed by atoms with Crippen molar-refractivity contribution in [2.75, 3.05) is 23.9 Å². The van der Waals surface area contributed by atoms with E-state index in [0.29, 0.717) is 0 Å². The van der Waals surface area contributed by atoms with Crippen LogP contribution in [0.15, 0.2) is 61.2 Å². The third kappa shape index (κ3) is 2.85. The predicted octanol–water partition coefficient (Wildman–Crippen LogP) is 2.80. The number of rotatable bonds is 4. The Balaban J connectivity index is 1.90. The van der Waals surface area contributed by atoms with Gasteiger partial charge in [-0.15, -0.1) is 0 Å². The van der Waals surface area contributed by atoms with Crippen molar-refractivity contribution in [1.82, 2.24) is 19.9 Å². The molecule has 0 aliphatic carbocycles. The van der Waals surface area contributed by atoms with Gasteiger partial charge in [0.2, 0.25) is 0 Å². The first-order valence-corrected chi connectivity index (χ1v) is 6.87. The normalized spacial score (nSPS) is 10.3. The van der Waals surface area contributed by atoms with Crippen LogP contribution in [0.1, 0.15) is 0 Å². The molecular formula is C16H16N6. The van der Waals surface area contributed by atoms with Gasteiger partial charge in [-0.1, -0.05) is 12.1 Å². The van der Waals surface area contributed by atoms with Gasteiger partial charge in [0.05, 0.1) is 0 Å². The average Bonchev–Trinajstić information content (AvgIpc) is 2.62. The molecule has 22 heavy (non-hydrogen) atoms. The second-order valence-electron chi connectivity index (χ2n) is 4.73. The quantitative estimate of drug-likeness (QED) is 0.737. The molecule has 0 aromatic carbocycles. The highest BCUT2D eigenvalue weighted by Gasteiger charge is 2.11. The van der Waals surface area contributed by atoms with E-state index in [4.69, 9.17) is 0 Å². The van der Waals surface area contributed by atoms with Gasteiger partial charge >= 0.3 is 0 Å². The maximum absolute atomic E-state index is 4.33. The number of hydrogen-bond acceptors (Lipinski definition) is 6. The van der Waals surface area contributed by atoms with Crippen LogP contribution < -0.4 is 9.80 Å². The predicted molar refractivity (Wildman–Crippen MR) is 86.6 cm³/mol. The molecule has 3 aromatic rings. The number of aromatic nitrogens is 4. The zero-order chi connectivity index (χ0) is 15.4. The Kier molecular flexibility index (Phi) is 3.91. The molecule has 0 bridgehead atoms. The molecular weight excluding hydrogens is 276 g/mol. The van der Waals surface area contributed by atoms with Crippen molar-refractivity contribution < 1.29 is 0 Å². The van der Waals surface area contributed by atoms with Crippen LogP contribution in [0.25, 0.3) is 0 Å². The fourth-order valence-corrected chi connectivity index (χ4v) is 2.04. The summed E-state index contributed by atoms with van der Waals surface area (Å²) in [5.74, 6) is 3.19. The zero-order valence-corrected chi connectivity index (χ0v) is 12.5. The molecule has 0 spiro atoms. The van der Waals surface area contributed by atoms with Gasteiger partial charge in [-0.2, -0.15) is 0 Å². The maximum Gasteiger partial charge on any atom is 0.139 e. The Morgan fingerprint density at radius 1 is 0.636 bits per heavy atom. The van der Waals surface area contributed by atoms with Crippen LogP contribution in [0.3, 0.4) is 0 Å². The Morgan fingerprint density at radius 3 is 1.55 bits per heavy atom. The summed E-state index contributed by atoms with van der Waals surface area (Å²) in [5.41, 5.74) is 0. The molecule has 0 unspecified atom stereocenters. The molecule has 0 fully saturated rings. The minimum atomic E-state index is 0.770. The SMILES string of the molecule is CN(c1ccccn1)c1cc(N(C)c2ccccn2)ncn1. The molecule has 0 aliphatic rings. The number of anilines is 4. The molecule has 0 saturated carbocycles. The first-order valence-electron chi connectivity index (χ1n) is 6.87. The highest BCUT2D eigenvalue weighted by molar-refractivity contribution is 5.62. The molecule has 0 saturated heterocycles. The third-order valence-electron chi connectivity index (χ3n) is 3.31. The number of nitrogens with zero attached hydrogens (tertiary/aromatic N) is 6. The molecule has 6 nitrogen and oxygen atoms in total. The molecule has 3 aromatic heterocycles. The Labute approximate surface area is 129 Å². The van der Waals surface area contributed by atoms with Crippen LogP contribution in [0.5, 0.6) is 0 Å². The highest BCUT2D eigenvalue weighted by atomic mass is 15.3. The fraction of sp³-hybridized carbons (Fsp3) is 0.125. The lowest BCUT2D eigenvalue weighted by molar-refractivity contribution is 1.01. The summed E-state index contributed by atoms with van der Waals surface area (Å²) in [6.07, 6.45) is 5.06. The first kappa shape index (κ1) is 13.9. The van der Waals surface area contributed by atoms with Gasteiger partial charge in [0.15, 0.2) is 0 Å². The van der Waals surface area contributed by atoms with Crippen LogP contribution in [-0.4, -0.2) is 34.0 Å². The summed E-state index contributed by atoms with van der Waals surface area (Å²) in [6, 6.07) is 13.4. The van der Waals surface area contributed by atoms with E-state index >= 15 is 0 Å². The van der Waals surface area contributed by atoms with E-state index in [-0.39, 0.29) is 0 Å². The van der Waals surface area contributed by atoms with Crippen LogP contribution in [-0.2, 0) is 0 Å². The van der Waals surface area contributed by atoms with E-state index in [1.54, 1.807) is 18.7 Å². The summed E-state index contributed by atoms with van der Waals surface area (Å²) >= 11 is 0. The van der Waals surface area contributed by atoms with E-state index in [1.807, 2.05) is 66.4 Å². The lowest BCUT2D eigenvalue weighted by Gasteiger charge is -2.20. The second-order valence-corrected chi connectivity index (χ2v) is 4.73. The average molecular weight is 292 g/mol. The molecule has 0 radical (unpaired) electrons. The second kappa shape index (κ2) is 6.17. The van der Waals surface area contributed by atoms with Crippen molar-refractivity contribution in [1.29, 1.82) is 0 Å². The van der Waals surface area contributed by atoms with E-state index in [1.165, 1.54) is 0 Å². The van der Waals surface area contributed by atoms with E-state index in [0.717, 1.165) is 23.3 Å². The smallest absolute Gasteiger partial charge is 0.139 e. The van der Waals surface area contributed by atoms with Crippen molar-refractivity contribution >= 4 is 23.3 Å². The van der Waals surface area contributed by atoms with Gasteiger partial charge in [-0.05, 0) is 24.3 Å². The molecule has 0 N–H and O–H groups in total. The molecule has 110 valence electrons. The summed E-state index contributed by atoms with van der Waals surface area (Å²) in [4.78, 5) is 21.1. The van der Waals surface area contributed by atoms with Crippen molar-refractivity contribution in [3.05, 3.63) is 61.2 Å². The molecule has 6 heteroatoms. The minimum Gasteiger partial charge on any atom is -0.314 e. The fourth-order valence-electron chi connectivity index (χ4n) is 2.04. The maximum atomic E-state index is 4.33. The van der Waals surface area contributed by atoms with Crippen LogP contribution in [0.4, 0.5) is 23.3 Å². The molecule has 3 heterocycles. The molecule has 0 aliphatic heterocycles. The van der Waals surface area contributed by atoms with Crippen molar-refractivity contribution in [2.24, 2.45) is 0 Å². The topological polar surface area (TPSA) is 58.0 Å². The van der Waals surface area contributed by atoms with E-state index < -0.39 is 0 Å². The summed E-state index contributed by atoms with van der Waals surface area (Å²) in [6.45, 7) is 0. The highest BCUT2D eigenvalue weighted by Crippen LogP contribution is 2.24. The van der Waals surface area contributed by atoms with E-state index in [9.17, 15) is 0 Å². The Morgan fingerprint density at radius 2 is 1.14 bits per heavy atom. The van der Waals surface area contributed by atoms with Gasteiger partial charge < -0.3 is 9.80 Å². The lowest BCUT2D eigenvalue weighted by Crippen LogP contribution is -2.16. The third-order valence-corrected chi connectivity index (χ3v) is 3.31. The van der Waals surface area contributed by atoms with Crippen LogP contribution >= 0.6 is 0 Å². The largest absolute Gasteiger partial charge is 0.314 e. The molecule has 0 atom stereocenters. The van der Waals surface area contributed by atoms with Gasteiger partial charge in [0.1, 0.15) is 29.6 Å². The van der Waals surface area contributed by atoms with Gasteiger partial charge in [0.25, 0.3) is 0 Å². The summed E-state index contributed by atoms with van der Waals surface area (Å²) in [5, 5.41) is 0. The monoisotopic (exact) mass is 292 g/mol. The van der Waals surface area contributed by atoms with E-state index in [2.05, 4.69) is 19.9 Å². The number of pyridine rings is 2. The summed E-state index contributed by atoms with van der Waals surface area (Å²) < 4.78 is 0.